The van der Waals surface area contributed by atoms with Crippen molar-refractivity contribution < 1.29 is 21.6 Å². The minimum atomic E-state index is -4.78. The Balaban J connectivity index is 2.48. The van der Waals surface area contributed by atoms with Gasteiger partial charge in [-0.15, -0.1) is 0 Å². The van der Waals surface area contributed by atoms with Crippen molar-refractivity contribution >= 4 is 20.9 Å². The number of aromatic nitrogens is 2. The first kappa shape index (κ1) is 12.9. The van der Waals surface area contributed by atoms with Gasteiger partial charge in [-0.25, -0.2) is 13.4 Å². The third-order valence-corrected chi connectivity index (χ3v) is 3.75. The predicted octanol–water partition coefficient (Wildman–Crippen LogP) is 2.21. The van der Waals surface area contributed by atoms with Gasteiger partial charge >= 0.3 is 6.18 Å². The molecule has 0 amide bonds. The van der Waals surface area contributed by atoms with E-state index in [4.69, 9.17) is 0 Å². The zero-order chi connectivity index (χ0) is 13.6. The Morgan fingerprint density at radius 3 is 2.61 bits per heavy atom. The molecule has 0 unspecified atom stereocenters. The Kier molecular flexibility index (Phi) is 2.84. The van der Waals surface area contributed by atoms with Crippen LogP contribution in [0.2, 0.25) is 0 Å². The van der Waals surface area contributed by atoms with E-state index in [2.05, 4.69) is 9.97 Å². The Morgan fingerprint density at radius 2 is 2.00 bits per heavy atom. The maximum atomic E-state index is 12.1. The van der Waals surface area contributed by atoms with Gasteiger partial charge < -0.3 is 4.98 Å². The topological polar surface area (TPSA) is 62.8 Å². The number of fused-ring (bicyclic) bond motifs is 1. The number of hydrogen-bond donors (Lipinski definition) is 1. The molecule has 0 spiro atoms. The van der Waals surface area contributed by atoms with Crippen LogP contribution in [0.1, 0.15) is 5.56 Å². The molecule has 98 valence electrons. The zero-order valence-electron chi connectivity index (χ0n) is 9.25. The van der Waals surface area contributed by atoms with Gasteiger partial charge in [-0.3, -0.25) is 0 Å². The molecule has 0 aliphatic rings. The highest BCUT2D eigenvalue weighted by atomic mass is 32.2. The van der Waals surface area contributed by atoms with E-state index in [1.807, 2.05) is 0 Å². The SMILES string of the molecule is Cc1ccc2nc(S(=O)(=O)CC(F)(F)F)[nH]c2c1. The molecule has 1 aromatic heterocycles. The number of imidazole rings is 1. The molecule has 2 rings (SSSR count). The van der Waals surface area contributed by atoms with E-state index in [1.54, 1.807) is 25.1 Å². The summed E-state index contributed by atoms with van der Waals surface area (Å²) in [6.07, 6.45) is -4.78. The summed E-state index contributed by atoms with van der Waals surface area (Å²) in [5.41, 5.74) is 1.57. The number of hydrogen-bond acceptors (Lipinski definition) is 3. The Bertz CT molecular complexity index is 689. The van der Waals surface area contributed by atoms with Crippen molar-refractivity contribution in [3.05, 3.63) is 23.8 Å². The average molecular weight is 278 g/mol. The number of sulfone groups is 1. The summed E-state index contributed by atoms with van der Waals surface area (Å²) in [4.78, 5) is 6.07. The van der Waals surface area contributed by atoms with Crippen LogP contribution in [0, 0.1) is 6.92 Å². The zero-order valence-corrected chi connectivity index (χ0v) is 10.1. The fraction of sp³-hybridized carbons (Fsp3) is 0.300. The molecule has 4 nitrogen and oxygen atoms in total. The number of nitrogens with one attached hydrogen (secondary N) is 1. The Labute approximate surface area is 101 Å². The molecule has 18 heavy (non-hydrogen) atoms. The van der Waals surface area contributed by atoms with E-state index in [0.717, 1.165) is 5.56 Å². The molecule has 0 aliphatic carbocycles. The lowest BCUT2D eigenvalue weighted by Crippen LogP contribution is -2.23. The van der Waals surface area contributed by atoms with Crippen molar-refractivity contribution in [1.29, 1.82) is 0 Å². The first-order valence-electron chi connectivity index (χ1n) is 4.93. The van der Waals surface area contributed by atoms with Crippen LogP contribution in [0.4, 0.5) is 13.2 Å². The predicted molar refractivity (Wildman–Crippen MR) is 58.9 cm³/mol. The molecular weight excluding hydrogens is 269 g/mol. The summed E-state index contributed by atoms with van der Waals surface area (Å²) < 4.78 is 59.4. The van der Waals surface area contributed by atoms with E-state index in [-0.39, 0.29) is 0 Å². The van der Waals surface area contributed by atoms with E-state index >= 15 is 0 Å². The van der Waals surface area contributed by atoms with Crippen molar-refractivity contribution in [2.45, 2.75) is 18.3 Å². The fourth-order valence-corrected chi connectivity index (χ4v) is 2.60. The number of H-pyrrole nitrogens is 1. The molecule has 0 saturated carbocycles. The Morgan fingerprint density at radius 1 is 1.33 bits per heavy atom. The Hall–Kier alpha value is -1.57. The van der Waals surface area contributed by atoms with Gasteiger partial charge in [-0.1, -0.05) is 6.07 Å². The monoisotopic (exact) mass is 278 g/mol. The molecule has 0 bridgehead atoms. The second-order valence-corrected chi connectivity index (χ2v) is 5.84. The summed E-state index contributed by atoms with van der Waals surface area (Å²) in [5, 5.41) is -0.652. The number of aryl methyl sites for hydroxylation is 1. The fourth-order valence-electron chi connectivity index (χ4n) is 1.53. The van der Waals surface area contributed by atoms with Crippen LogP contribution in [-0.4, -0.2) is 30.3 Å². The highest BCUT2D eigenvalue weighted by Gasteiger charge is 2.37. The van der Waals surface area contributed by atoms with E-state index in [9.17, 15) is 21.6 Å². The maximum absolute atomic E-state index is 12.1. The van der Waals surface area contributed by atoms with Crippen molar-refractivity contribution in [1.82, 2.24) is 9.97 Å². The number of benzene rings is 1. The van der Waals surface area contributed by atoms with Gasteiger partial charge in [0.25, 0.3) is 0 Å². The van der Waals surface area contributed by atoms with E-state index in [0.29, 0.717) is 11.0 Å². The largest absolute Gasteiger partial charge is 0.403 e. The summed E-state index contributed by atoms with van der Waals surface area (Å²) in [6.45, 7) is 1.78. The minimum Gasteiger partial charge on any atom is -0.329 e. The smallest absolute Gasteiger partial charge is 0.329 e. The van der Waals surface area contributed by atoms with Crippen molar-refractivity contribution in [3.8, 4) is 0 Å². The summed E-state index contributed by atoms with van der Waals surface area (Å²) >= 11 is 0. The number of rotatable bonds is 2. The minimum absolute atomic E-state index is 0.321. The molecule has 0 atom stereocenters. The maximum Gasteiger partial charge on any atom is 0.403 e. The molecule has 8 heteroatoms. The van der Waals surface area contributed by atoms with Crippen molar-refractivity contribution in [3.63, 3.8) is 0 Å². The quantitative estimate of drug-likeness (QED) is 0.916. The number of nitrogens with zero attached hydrogens (tertiary/aromatic N) is 1. The molecule has 0 fully saturated rings. The van der Waals surface area contributed by atoms with Crippen LogP contribution >= 0.6 is 0 Å². The van der Waals surface area contributed by atoms with Crippen molar-refractivity contribution in [2.75, 3.05) is 5.75 Å². The van der Waals surface area contributed by atoms with Crippen LogP contribution in [0.5, 0.6) is 0 Å². The van der Waals surface area contributed by atoms with Gasteiger partial charge in [0, 0.05) is 0 Å². The molecule has 1 N–H and O–H groups in total. The lowest BCUT2D eigenvalue weighted by molar-refractivity contribution is -0.106. The molecule has 0 aliphatic heterocycles. The first-order valence-corrected chi connectivity index (χ1v) is 6.58. The van der Waals surface area contributed by atoms with E-state index < -0.39 is 26.9 Å². The second-order valence-electron chi connectivity index (χ2n) is 3.94. The van der Waals surface area contributed by atoms with E-state index in [1.165, 1.54) is 0 Å². The normalized spacial score (nSPS) is 13.1. The number of halogens is 3. The molecular formula is C10H9F3N2O2S. The molecule has 1 heterocycles. The second kappa shape index (κ2) is 3.98. The van der Waals surface area contributed by atoms with Crippen LogP contribution in [0.3, 0.4) is 0 Å². The van der Waals surface area contributed by atoms with Gasteiger partial charge in [-0.2, -0.15) is 13.2 Å². The van der Waals surface area contributed by atoms with Gasteiger partial charge in [0.2, 0.25) is 15.0 Å². The van der Waals surface area contributed by atoms with Crippen LogP contribution in [0.15, 0.2) is 23.4 Å². The van der Waals surface area contributed by atoms with Gasteiger partial charge in [-0.05, 0) is 24.6 Å². The summed E-state index contributed by atoms with van der Waals surface area (Å²) in [7, 11) is -4.48. The van der Waals surface area contributed by atoms with Crippen LogP contribution < -0.4 is 0 Å². The van der Waals surface area contributed by atoms with Crippen LogP contribution in [-0.2, 0) is 9.84 Å². The first-order chi connectivity index (χ1) is 8.17. The van der Waals surface area contributed by atoms with Crippen LogP contribution in [0.25, 0.3) is 11.0 Å². The third-order valence-electron chi connectivity index (χ3n) is 2.26. The van der Waals surface area contributed by atoms with Gasteiger partial charge in [0.1, 0.15) is 0 Å². The number of alkyl halides is 3. The molecule has 0 radical (unpaired) electrons. The molecule has 1 aromatic carbocycles. The third kappa shape index (κ3) is 2.63. The summed E-state index contributed by atoms with van der Waals surface area (Å²) in [6, 6.07) is 4.87. The lowest BCUT2D eigenvalue weighted by atomic mass is 10.2. The summed E-state index contributed by atoms with van der Waals surface area (Å²) in [5.74, 6) is -1.92. The van der Waals surface area contributed by atoms with Crippen molar-refractivity contribution in [2.24, 2.45) is 0 Å². The number of aromatic amines is 1. The highest BCUT2D eigenvalue weighted by Crippen LogP contribution is 2.23. The molecule has 0 saturated heterocycles. The standard InChI is InChI=1S/C10H9F3N2O2S/c1-6-2-3-7-8(4-6)15-9(14-7)18(16,17)5-10(11,12)13/h2-4H,5H2,1H3,(H,14,15). The van der Waals surface area contributed by atoms with Gasteiger partial charge in [0.15, 0.2) is 5.75 Å². The highest BCUT2D eigenvalue weighted by molar-refractivity contribution is 7.91. The average Bonchev–Trinajstić information content (AvgIpc) is 2.57. The van der Waals surface area contributed by atoms with Gasteiger partial charge in [0.05, 0.1) is 11.0 Å². The lowest BCUT2D eigenvalue weighted by Gasteiger charge is -2.04. The molecule has 2 aromatic rings.